The largest absolute Gasteiger partial charge is 0.461 e. The minimum absolute atomic E-state index is 0.267. The molecule has 0 unspecified atom stereocenters. The lowest BCUT2D eigenvalue weighted by molar-refractivity contribution is -0.142. The first kappa shape index (κ1) is 17.4. The van der Waals surface area contributed by atoms with E-state index >= 15 is 0 Å². The second-order valence-corrected chi connectivity index (χ2v) is 7.27. The van der Waals surface area contributed by atoms with Crippen LogP contribution in [-0.4, -0.2) is 5.97 Å². The van der Waals surface area contributed by atoms with Gasteiger partial charge in [0, 0.05) is 6.92 Å². The van der Waals surface area contributed by atoms with Gasteiger partial charge in [0.25, 0.3) is 0 Å². The zero-order valence-electron chi connectivity index (χ0n) is 16.2. The molecule has 5 rings (SSSR count). The molecular weight excluding hydrogens is 356 g/mol. The monoisotopic (exact) mass is 376 g/mol. The summed E-state index contributed by atoms with van der Waals surface area (Å²) < 4.78 is 5.41. The lowest BCUT2D eigenvalue weighted by atomic mass is 9.91. The predicted molar refractivity (Wildman–Crippen MR) is 117 cm³/mol. The minimum Gasteiger partial charge on any atom is -0.461 e. The number of rotatable bonds is 4. The highest BCUT2D eigenvalue weighted by molar-refractivity contribution is 6.21. The summed E-state index contributed by atoms with van der Waals surface area (Å²) in [6.07, 6.45) is 0. The average molecular weight is 376 g/mol. The average Bonchev–Trinajstić information content (AvgIpc) is 3.11. The second kappa shape index (κ2) is 7.06. The van der Waals surface area contributed by atoms with Crippen molar-refractivity contribution >= 4 is 27.9 Å². The first-order valence-electron chi connectivity index (χ1n) is 9.78. The maximum Gasteiger partial charge on any atom is 0.302 e. The molecule has 0 spiro atoms. The second-order valence-electron chi connectivity index (χ2n) is 7.27. The van der Waals surface area contributed by atoms with Gasteiger partial charge in [-0.05, 0) is 49.7 Å². The van der Waals surface area contributed by atoms with Crippen molar-refractivity contribution in [3.05, 3.63) is 119 Å². The zero-order valence-corrected chi connectivity index (χ0v) is 16.2. The summed E-state index contributed by atoms with van der Waals surface area (Å²) in [5, 5.41) is 2.43. The number of carbonyl (C=O) groups is 1. The minimum atomic E-state index is -0.267. The number of hydrogen-bond donors (Lipinski definition) is 0. The maximum absolute atomic E-state index is 11.5. The van der Waals surface area contributed by atoms with Gasteiger partial charge in [0.15, 0.2) is 0 Å². The van der Waals surface area contributed by atoms with Gasteiger partial charge in [0.05, 0.1) is 0 Å². The summed E-state index contributed by atoms with van der Waals surface area (Å²) in [5.74, 6) is -0.267. The van der Waals surface area contributed by atoms with Gasteiger partial charge in [0.1, 0.15) is 6.61 Å². The molecule has 0 radical (unpaired) electrons. The molecule has 1 aliphatic carbocycles. The van der Waals surface area contributed by atoms with E-state index in [9.17, 15) is 4.79 Å². The van der Waals surface area contributed by atoms with Gasteiger partial charge in [-0.3, -0.25) is 4.79 Å². The molecule has 0 heterocycles. The van der Waals surface area contributed by atoms with Gasteiger partial charge in [-0.15, -0.1) is 0 Å². The summed E-state index contributed by atoms with van der Waals surface area (Å²) in [4.78, 5) is 11.5. The first-order valence-corrected chi connectivity index (χ1v) is 9.78. The third kappa shape index (κ3) is 2.94. The standard InChI is InChI=1S/C27H20O2/c1-18(28)29-17-22-16-15-21-13-8-14-23-24(19-9-4-2-5-10-19)26(27(22)25(21)23)20-11-6-3-7-12-20/h2-16H,17H2,1H3. The van der Waals surface area contributed by atoms with E-state index < -0.39 is 0 Å². The molecule has 140 valence electrons. The van der Waals surface area contributed by atoms with Crippen molar-refractivity contribution in [2.24, 2.45) is 0 Å². The van der Waals surface area contributed by atoms with E-state index in [0.717, 1.165) is 5.56 Å². The van der Waals surface area contributed by atoms with Gasteiger partial charge in [0.2, 0.25) is 0 Å². The van der Waals surface area contributed by atoms with Crippen molar-refractivity contribution in [1.82, 2.24) is 0 Å². The van der Waals surface area contributed by atoms with Crippen LogP contribution in [-0.2, 0) is 16.1 Å². The molecule has 0 fully saturated rings. The van der Waals surface area contributed by atoms with Crippen molar-refractivity contribution in [2.75, 3.05) is 0 Å². The molecule has 0 bridgehead atoms. The fraction of sp³-hybridized carbons (Fsp3) is 0.0741. The van der Waals surface area contributed by atoms with Crippen LogP contribution >= 0.6 is 0 Å². The summed E-state index contributed by atoms with van der Waals surface area (Å²) in [6.45, 7) is 1.72. The van der Waals surface area contributed by atoms with Crippen LogP contribution in [0.3, 0.4) is 0 Å². The molecule has 0 saturated carbocycles. The molecule has 0 saturated heterocycles. The normalized spacial score (nSPS) is 12.4. The van der Waals surface area contributed by atoms with E-state index in [1.165, 1.54) is 51.1 Å². The number of hydrogen-bond acceptors (Lipinski definition) is 2. The third-order valence-electron chi connectivity index (χ3n) is 5.46. The van der Waals surface area contributed by atoms with Crippen LogP contribution in [0.4, 0.5) is 0 Å². The SMILES string of the molecule is CC(=O)OCc1ccc2cccc3c2c1C(c1ccccc1)=C3c1ccccc1. The van der Waals surface area contributed by atoms with Crippen molar-refractivity contribution in [3.8, 4) is 0 Å². The van der Waals surface area contributed by atoms with Gasteiger partial charge >= 0.3 is 5.97 Å². The summed E-state index contributed by atoms with van der Waals surface area (Å²) in [7, 11) is 0. The summed E-state index contributed by atoms with van der Waals surface area (Å²) in [6, 6.07) is 31.7. The number of carbonyl (C=O) groups excluding carboxylic acids is 1. The first-order chi connectivity index (χ1) is 14.2. The Hall–Kier alpha value is -3.65. The molecule has 29 heavy (non-hydrogen) atoms. The Labute approximate surface area is 170 Å². The third-order valence-corrected chi connectivity index (χ3v) is 5.46. The lowest BCUT2D eigenvalue weighted by Crippen LogP contribution is -2.02. The van der Waals surface area contributed by atoms with Crippen molar-refractivity contribution in [3.63, 3.8) is 0 Å². The van der Waals surface area contributed by atoms with Crippen LogP contribution in [0, 0.1) is 0 Å². The lowest BCUT2D eigenvalue weighted by Gasteiger charge is -2.14. The fourth-order valence-corrected chi connectivity index (χ4v) is 4.27. The Balaban J connectivity index is 1.87. The Morgan fingerprint density at radius 3 is 2.03 bits per heavy atom. The molecule has 1 aliphatic rings. The highest BCUT2D eigenvalue weighted by Crippen LogP contribution is 2.49. The van der Waals surface area contributed by atoms with Crippen molar-refractivity contribution in [1.29, 1.82) is 0 Å². The van der Waals surface area contributed by atoms with Crippen LogP contribution in [0.5, 0.6) is 0 Å². The Morgan fingerprint density at radius 2 is 1.38 bits per heavy atom. The molecule has 4 aromatic carbocycles. The number of esters is 1. The van der Waals surface area contributed by atoms with Gasteiger partial charge in [-0.2, -0.15) is 0 Å². The zero-order chi connectivity index (χ0) is 19.8. The van der Waals surface area contributed by atoms with E-state index in [0.29, 0.717) is 0 Å². The predicted octanol–water partition coefficient (Wildman–Crippen LogP) is 6.22. The molecule has 0 amide bonds. The molecule has 2 nitrogen and oxygen atoms in total. The topological polar surface area (TPSA) is 26.3 Å². The molecule has 4 aromatic rings. The van der Waals surface area contributed by atoms with Crippen LogP contribution in [0.15, 0.2) is 91.0 Å². The highest BCUT2D eigenvalue weighted by Gasteiger charge is 2.28. The van der Waals surface area contributed by atoms with Crippen LogP contribution < -0.4 is 0 Å². The Bertz CT molecular complexity index is 1250. The molecular formula is C27H20O2. The van der Waals surface area contributed by atoms with E-state index in [1.807, 2.05) is 12.1 Å². The van der Waals surface area contributed by atoms with Crippen LogP contribution in [0.25, 0.3) is 21.9 Å². The molecule has 0 aliphatic heterocycles. The maximum atomic E-state index is 11.5. The highest BCUT2D eigenvalue weighted by atomic mass is 16.5. The van der Waals surface area contributed by atoms with E-state index in [2.05, 4.69) is 78.9 Å². The fourth-order valence-electron chi connectivity index (χ4n) is 4.27. The Morgan fingerprint density at radius 1 is 0.724 bits per heavy atom. The molecule has 0 atom stereocenters. The summed E-state index contributed by atoms with van der Waals surface area (Å²) in [5.41, 5.74) is 8.22. The van der Waals surface area contributed by atoms with Crippen LogP contribution in [0.2, 0.25) is 0 Å². The van der Waals surface area contributed by atoms with Crippen molar-refractivity contribution in [2.45, 2.75) is 13.5 Å². The smallest absolute Gasteiger partial charge is 0.302 e. The molecule has 0 N–H and O–H groups in total. The van der Waals surface area contributed by atoms with Gasteiger partial charge in [-0.1, -0.05) is 91.0 Å². The van der Waals surface area contributed by atoms with E-state index in [1.54, 1.807) is 0 Å². The quantitative estimate of drug-likeness (QED) is 0.348. The van der Waals surface area contributed by atoms with Crippen molar-refractivity contribution < 1.29 is 9.53 Å². The number of ether oxygens (including phenoxy) is 1. The van der Waals surface area contributed by atoms with E-state index in [-0.39, 0.29) is 12.6 Å². The molecule has 0 aromatic heterocycles. The van der Waals surface area contributed by atoms with E-state index in [4.69, 9.17) is 4.74 Å². The van der Waals surface area contributed by atoms with Gasteiger partial charge in [-0.25, -0.2) is 0 Å². The van der Waals surface area contributed by atoms with Gasteiger partial charge < -0.3 is 4.74 Å². The summed E-state index contributed by atoms with van der Waals surface area (Å²) >= 11 is 0. The molecule has 2 heteroatoms. The van der Waals surface area contributed by atoms with Crippen LogP contribution in [0.1, 0.15) is 34.7 Å². The number of benzene rings is 4. The Kier molecular flexibility index (Phi) is 4.25.